The van der Waals surface area contributed by atoms with Crippen LogP contribution in [0.4, 0.5) is 5.69 Å². The van der Waals surface area contributed by atoms with Crippen molar-refractivity contribution in [1.82, 2.24) is 4.90 Å². The zero-order valence-corrected chi connectivity index (χ0v) is 11.4. The van der Waals surface area contributed by atoms with Crippen molar-refractivity contribution in [3.8, 4) is 0 Å². The van der Waals surface area contributed by atoms with Crippen molar-refractivity contribution in [3.63, 3.8) is 0 Å². The molecule has 1 aromatic carbocycles. The smallest absolute Gasteiger partial charge is 0.248 e. The number of nitrogen functional groups attached to an aromatic ring is 1. The molecule has 1 amide bonds. The maximum Gasteiger partial charge on any atom is 0.248 e. The lowest BCUT2D eigenvalue weighted by atomic mass is 10.1. The third-order valence-corrected chi connectivity index (χ3v) is 3.19. The molecule has 0 bridgehead atoms. The Hall–Kier alpha value is -1.55. The van der Waals surface area contributed by atoms with E-state index in [0.29, 0.717) is 17.2 Å². The topological polar surface area (TPSA) is 72.3 Å². The van der Waals surface area contributed by atoms with Gasteiger partial charge in [0, 0.05) is 24.3 Å². The van der Waals surface area contributed by atoms with E-state index in [4.69, 9.17) is 11.5 Å². The Morgan fingerprint density at radius 3 is 2.61 bits per heavy atom. The first kappa shape index (κ1) is 14.5. The zero-order chi connectivity index (χ0) is 13.7. The molecule has 1 rings (SSSR count). The average molecular weight is 249 g/mol. The van der Waals surface area contributed by atoms with Crippen LogP contribution < -0.4 is 11.5 Å². The molecule has 0 aliphatic rings. The Labute approximate surface area is 109 Å². The second kappa shape index (κ2) is 6.40. The molecule has 0 saturated carbocycles. The first-order valence-corrected chi connectivity index (χ1v) is 6.30. The van der Waals surface area contributed by atoms with Gasteiger partial charge in [-0.1, -0.05) is 26.3 Å². The van der Waals surface area contributed by atoms with Gasteiger partial charge in [0.15, 0.2) is 0 Å². The number of nitrogens with zero attached hydrogens (tertiary/aromatic N) is 1. The molecule has 0 radical (unpaired) electrons. The molecule has 100 valence electrons. The molecule has 1 aromatic rings. The fourth-order valence-electron chi connectivity index (χ4n) is 1.91. The molecule has 0 fully saturated rings. The third-order valence-electron chi connectivity index (χ3n) is 3.19. The maximum atomic E-state index is 11.0. The molecule has 1 unspecified atom stereocenters. The van der Waals surface area contributed by atoms with Gasteiger partial charge in [-0.05, 0) is 30.7 Å². The molecule has 0 heterocycles. The lowest BCUT2D eigenvalue weighted by Gasteiger charge is -2.21. The van der Waals surface area contributed by atoms with Gasteiger partial charge in [0.25, 0.3) is 0 Å². The van der Waals surface area contributed by atoms with Crippen molar-refractivity contribution in [2.24, 2.45) is 11.7 Å². The lowest BCUT2D eigenvalue weighted by molar-refractivity contribution is 0.100. The quantitative estimate of drug-likeness (QED) is 0.756. The van der Waals surface area contributed by atoms with Gasteiger partial charge in [0.1, 0.15) is 0 Å². The van der Waals surface area contributed by atoms with Crippen LogP contribution >= 0.6 is 0 Å². The Bertz CT molecular complexity index is 418. The number of carbonyl (C=O) groups excluding carboxylic acids is 1. The van der Waals surface area contributed by atoms with Crippen LogP contribution in [-0.2, 0) is 6.54 Å². The van der Waals surface area contributed by atoms with E-state index >= 15 is 0 Å². The molecule has 4 heteroatoms. The highest BCUT2D eigenvalue weighted by atomic mass is 16.1. The highest BCUT2D eigenvalue weighted by Gasteiger charge is 2.09. The van der Waals surface area contributed by atoms with Crippen LogP contribution in [0.3, 0.4) is 0 Å². The van der Waals surface area contributed by atoms with Gasteiger partial charge in [-0.2, -0.15) is 0 Å². The highest BCUT2D eigenvalue weighted by molar-refractivity contribution is 5.93. The van der Waals surface area contributed by atoms with Gasteiger partial charge in [-0.25, -0.2) is 0 Å². The SMILES string of the molecule is CCC(C)CN(C)Cc1ccc(C(N)=O)cc1N. The maximum absolute atomic E-state index is 11.0. The normalized spacial score (nSPS) is 12.7. The van der Waals surface area contributed by atoms with Gasteiger partial charge in [-0.15, -0.1) is 0 Å². The van der Waals surface area contributed by atoms with Crippen molar-refractivity contribution >= 4 is 11.6 Å². The summed E-state index contributed by atoms with van der Waals surface area (Å²) in [5.74, 6) is 0.224. The van der Waals surface area contributed by atoms with Gasteiger partial charge in [0.05, 0.1) is 0 Å². The van der Waals surface area contributed by atoms with E-state index < -0.39 is 5.91 Å². The third kappa shape index (κ3) is 4.04. The Morgan fingerprint density at radius 2 is 2.11 bits per heavy atom. The summed E-state index contributed by atoms with van der Waals surface area (Å²) in [6.45, 7) is 6.24. The molecule has 0 aliphatic carbocycles. The van der Waals surface area contributed by atoms with Crippen molar-refractivity contribution in [1.29, 1.82) is 0 Å². The van der Waals surface area contributed by atoms with Gasteiger partial charge < -0.3 is 16.4 Å². The number of carbonyl (C=O) groups is 1. The second-order valence-corrected chi connectivity index (χ2v) is 4.99. The van der Waals surface area contributed by atoms with Gasteiger partial charge in [0.2, 0.25) is 5.91 Å². The Morgan fingerprint density at radius 1 is 1.44 bits per heavy atom. The number of primary amides is 1. The molecule has 18 heavy (non-hydrogen) atoms. The van der Waals surface area contributed by atoms with E-state index in [1.54, 1.807) is 12.1 Å². The van der Waals surface area contributed by atoms with Crippen molar-refractivity contribution in [3.05, 3.63) is 29.3 Å². The summed E-state index contributed by atoms with van der Waals surface area (Å²) in [7, 11) is 2.08. The van der Waals surface area contributed by atoms with E-state index in [1.165, 1.54) is 6.42 Å². The summed E-state index contributed by atoms with van der Waals surface area (Å²) in [6.07, 6.45) is 1.17. The number of benzene rings is 1. The van der Waals surface area contributed by atoms with Crippen LogP contribution in [0.15, 0.2) is 18.2 Å². The standard InChI is InChI=1S/C14H23N3O/c1-4-10(2)8-17(3)9-12-6-5-11(14(16)18)7-13(12)15/h5-7,10H,4,8-9,15H2,1-3H3,(H2,16,18). The average Bonchev–Trinajstić information content (AvgIpc) is 2.31. The largest absolute Gasteiger partial charge is 0.398 e. The highest BCUT2D eigenvalue weighted by Crippen LogP contribution is 2.16. The summed E-state index contributed by atoms with van der Waals surface area (Å²) in [6, 6.07) is 5.25. The Kier molecular flexibility index (Phi) is 5.16. The lowest BCUT2D eigenvalue weighted by Crippen LogP contribution is -2.24. The number of nitrogens with two attached hydrogens (primary N) is 2. The summed E-state index contributed by atoms with van der Waals surface area (Å²) in [5, 5.41) is 0. The number of hydrogen-bond donors (Lipinski definition) is 2. The minimum atomic E-state index is -0.443. The van der Waals surface area contributed by atoms with E-state index in [1.807, 2.05) is 6.07 Å². The summed E-state index contributed by atoms with van der Waals surface area (Å²) >= 11 is 0. The van der Waals surface area contributed by atoms with Crippen LogP contribution in [0.1, 0.15) is 36.2 Å². The predicted octanol–water partition coefficient (Wildman–Crippen LogP) is 1.85. The summed E-state index contributed by atoms with van der Waals surface area (Å²) in [5.41, 5.74) is 13.3. The van der Waals surface area contributed by atoms with Crippen LogP contribution in [0.25, 0.3) is 0 Å². The molecule has 4 N–H and O–H groups in total. The number of hydrogen-bond acceptors (Lipinski definition) is 3. The van der Waals surface area contributed by atoms with Gasteiger partial charge >= 0.3 is 0 Å². The van der Waals surface area contributed by atoms with Crippen LogP contribution in [0.2, 0.25) is 0 Å². The molecule has 0 spiro atoms. The Balaban J connectivity index is 2.70. The number of amides is 1. The van der Waals surface area contributed by atoms with E-state index in [-0.39, 0.29) is 0 Å². The van der Waals surface area contributed by atoms with E-state index in [2.05, 4.69) is 25.8 Å². The van der Waals surface area contributed by atoms with Crippen molar-refractivity contribution < 1.29 is 4.79 Å². The predicted molar refractivity (Wildman–Crippen MR) is 75.2 cm³/mol. The van der Waals surface area contributed by atoms with Crippen LogP contribution in [0, 0.1) is 5.92 Å². The van der Waals surface area contributed by atoms with E-state index in [9.17, 15) is 4.79 Å². The van der Waals surface area contributed by atoms with Crippen LogP contribution in [-0.4, -0.2) is 24.4 Å². The van der Waals surface area contributed by atoms with Crippen molar-refractivity contribution in [2.75, 3.05) is 19.3 Å². The molecule has 0 saturated heterocycles. The fraction of sp³-hybridized carbons (Fsp3) is 0.500. The van der Waals surface area contributed by atoms with Crippen LogP contribution in [0.5, 0.6) is 0 Å². The molecule has 0 aliphatic heterocycles. The molecular formula is C14H23N3O. The molecular weight excluding hydrogens is 226 g/mol. The monoisotopic (exact) mass is 249 g/mol. The number of anilines is 1. The minimum Gasteiger partial charge on any atom is -0.398 e. The van der Waals surface area contributed by atoms with E-state index in [0.717, 1.165) is 18.7 Å². The summed E-state index contributed by atoms with van der Waals surface area (Å²) in [4.78, 5) is 13.3. The molecule has 4 nitrogen and oxygen atoms in total. The number of rotatable bonds is 6. The van der Waals surface area contributed by atoms with Gasteiger partial charge in [-0.3, -0.25) is 4.79 Å². The first-order valence-electron chi connectivity index (χ1n) is 6.30. The molecule has 0 aromatic heterocycles. The zero-order valence-electron chi connectivity index (χ0n) is 11.4. The van der Waals surface area contributed by atoms with Crippen molar-refractivity contribution in [2.45, 2.75) is 26.8 Å². The summed E-state index contributed by atoms with van der Waals surface area (Å²) < 4.78 is 0. The second-order valence-electron chi connectivity index (χ2n) is 4.99. The molecule has 1 atom stereocenters. The minimum absolute atomic E-state index is 0.443. The fourth-order valence-corrected chi connectivity index (χ4v) is 1.91. The first-order chi connectivity index (χ1) is 8.43.